The van der Waals surface area contributed by atoms with E-state index in [9.17, 15) is 0 Å². The van der Waals surface area contributed by atoms with Crippen LogP contribution in [0.1, 0.15) is 0 Å². The fourth-order valence-corrected chi connectivity index (χ4v) is 2.51. The molecule has 0 saturated carbocycles. The summed E-state index contributed by atoms with van der Waals surface area (Å²) >= 11 is 0. The van der Waals surface area contributed by atoms with Gasteiger partial charge in [0.15, 0.2) is 0 Å². The monoisotopic (exact) mass is 244 g/mol. The highest BCUT2D eigenvalue weighted by molar-refractivity contribution is 5.90. The first-order valence-electron chi connectivity index (χ1n) is 6.35. The molecule has 0 unspecified atom stereocenters. The fourth-order valence-electron chi connectivity index (χ4n) is 2.51. The molecule has 0 spiro atoms. The van der Waals surface area contributed by atoms with Crippen LogP contribution in [0.25, 0.3) is 32.7 Å². The van der Waals surface area contributed by atoms with E-state index < -0.39 is 0 Å². The van der Waals surface area contributed by atoms with Crippen LogP contribution in [0.4, 0.5) is 0 Å². The average Bonchev–Trinajstić information content (AvgIpc) is 2.94. The summed E-state index contributed by atoms with van der Waals surface area (Å²) in [5.74, 6) is 0. The van der Waals surface area contributed by atoms with Crippen LogP contribution in [0, 0.1) is 0 Å². The average molecular weight is 244 g/mol. The van der Waals surface area contributed by atoms with Crippen LogP contribution in [0.3, 0.4) is 0 Å². The molecule has 0 aliphatic heterocycles. The molecule has 90 valence electrons. The maximum atomic E-state index is 5.23. The molecule has 0 saturated heterocycles. The van der Waals surface area contributed by atoms with Gasteiger partial charge in [-0.05, 0) is 34.0 Å². The van der Waals surface area contributed by atoms with Crippen LogP contribution in [-0.4, -0.2) is 0 Å². The zero-order valence-electron chi connectivity index (χ0n) is 10.3. The number of benzene rings is 3. The van der Waals surface area contributed by atoms with Gasteiger partial charge in [0.25, 0.3) is 0 Å². The van der Waals surface area contributed by atoms with Crippen LogP contribution < -0.4 is 0 Å². The summed E-state index contributed by atoms with van der Waals surface area (Å²) in [4.78, 5) is 0. The quantitative estimate of drug-likeness (QED) is 0.445. The SMILES string of the molecule is c1ccc2cc(-c3ccc4cocc4c3)ccc2c1. The number of hydrogen-bond acceptors (Lipinski definition) is 1. The van der Waals surface area contributed by atoms with E-state index in [-0.39, 0.29) is 0 Å². The summed E-state index contributed by atoms with van der Waals surface area (Å²) in [6.45, 7) is 0. The Bertz CT molecular complexity index is 871. The third kappa shape index (κ3) is 1.71. The first-order valence-corrected chi connectivity index (χ1v) is 6.35. The summed E-state index contributed by atoms with van der Waals surface area (Å²) in [5.41, 5.74) is 2.46. The van der Waals surface area contributed by atoms with E-state index >= 15 is 0 Å². The van der Waals surface area contributed by atoms with Gasteiger partial charge < -0.3 is 4.42 Å². The molecular formula is C18H12O. The molecule has 0 aliphatic rings. The van der Waals surface area contributed by atoms with Crippen LogP contribution in [0.5, 0.6) is 0 Å². The Labute approximate surface area is 111 Å². The van der Waals surface area contributed by atoms with Crippen molar-refractivity contribution >= 4 is 21.5 Å². The minimum atomic E-state index is 1.14. The molecule has 4 rings (SSSR count). The lowest BCUT2D eigenvalue weighted by Crippen LogP contribution is -1.79. The van der Waals surface area contributed by atoms with Crippen molar-refractivity contribution in [2.45, 2.75) is 0 Å². The van der Waals surface area contributed by atoms with Crippen molar-refractivity contribution in [3.8, 4) is 11.1 Å². The normalized spacial score (nSPS) is 11.2. The summed E-state index contributed by atoms with van der Waals surface area (Å²) in [7, 11) is 0. The van der Waals surface area contributed by atoms with E-state index in [4.69, 9.17) is 4.42 Å². The molecule has 1 heterocycles. The van der Waals surface area contributed by atoms with Crippen molar-refractivity contribution in [1.82, 2.24) is 0 Å². The zero-order chi connectivity index (χ0) is 12.7. The highest BCUT2D eigenvalue weighted by Gasteiger charge is 2.02. The first kappa shape index (κ1) is 10.4. The summed E-state index contributed by atoms with van der Waals surface area (Å²) < 4.78 is 5.23. The molecular weight excluding hydrogens is 232 g/mol. The molecule has 0 amide bonds. The number of hydrogen-bond donors (Lipinski definition) is 0. The van der Waals surface area contributed by atoms with Gasteiger partial charge in [-0.1, -0.05) is 48.5 Å². The van der Waals surface area contributed by atoms with Crippen molar-refractivity contribution in [1.29, 1.82) is 0 Å². The number of furan rings is 1. The van der Waals surface area contributed by atoms with Gasteiger partial charge in [0.1, 0.15) is 0 Å². The Kier molecular flexibility index (Phi) is 2.18. The fraction of sp³-hybridized carbons (Fsp3) is 0. The molecule has 0 N–H and O–H groups in total. The van der Waals surface area contributed by atoms with Crippen LogP contribution >= 0.6 is 0 Å². The van der Waals surface area contributed by atoms with Gasteiger partial charge in [0, 0.05) is 10.8 Å². The van der Waals surface area contributed by atoms with Crippen molar-refractivity contribution in [2.75, 3.05) is 0 Å². The lowest BCUT2D eigenvalue weighted by atomic mass is 10.00. The van der Waals surface area contributed by atoms with Gasteiger partial charge >= 0.3 is 0 Å². The maximum absolute atomic E-state index is 5.23. The Morgan fingerprint density at radius 2 is 1.16 bits per heavy atom. The third-order valence-electron chi connectivity index (χ3n) is 3.56. The Hall–Kier alpha value is -2.54. The van der Waals surface area contributed by atoms with E-state index in [2.05, 4.69) is 60.7 Å². The summed E-state index contributed by atoms with van der Waals surface area (Å²) in [6, 6.07) is 21.4. The predicted molar refractivity (Wildman–Crippen MR) is 79.2 cm³/mol. The van der Waals surface area contributed by atoms with E-state index in [1.165, 1.54) is 21.9 Å². The highest BCUT2D eigenvalue weighted by Crippen LogP contribution is 2.27. The topological polar surface area (TPSA) is 13.1 Å². The standard InChI is InChI=1S/C18H12O/c1-2-4-14-9-15(6-5-13(14)3-1)16-7-8-17-11-19-12-18(17)10-16/h1-12H. The van der Waals surface area contributed by atoms with Crippen molar-refractivity contribution in [3.05, 3.63) is 73.2 Å². The van der Waals surface area contributed by atoms with Crippen LogP contribution in [-0.2, 0) is 0 Å². The zero-order valence-corrected chi connectivity index (χ0v) is 10.3. The highest BCUT2D eigenvalue weighted by atomic mass is 16.3. The molecule has 0 fully saturated rings. The number of fused-ring (bicyclic) bond motifs is 2. The predicted octanol–water partition coefficient (Wildman–Crippen LogP) is 5.25. The van der Waals surface area contributed by atoms with Gasteiger partial charge in [-0.3, -0.25) is 0 Å². The Balaban J connectivity index is 1.92. The second-order valence-electron chi connectivity index (χ2n) is 4.78. The van der Waals surface area contributed by atoms with Crippen LogP contribution in [0.15, 0.2) is 77.6 Å². The molecule has 3 aromatic carbocycles. The lowest BCUT2D eigenvalue weighted by molar-refractivity contribution is 0.572. The van der Waals surface area contributed by atoms with E-state index in [1.54, 1.807) is 12.5 Å². The molecule has 1 aromatic heterocycles. The molecule has 1 heteroatoms. The van der Waals surface area contributed by atoms with E-state index in [0.717, 1.165) is 10.8 Å². The van der Waals surface area contributed by atoms with Crippen molar-refractivity contribution in [3.63, 3.8) is 0 Å². The minimum absolute atomic E-state index is 1.14. The molecule has 4 aromatic rings. The molecule has 0 radical (unpaired) electrons. The van der Waals surface area contributed by atoms with E-state index in [1.807, 2.05) is 0 Å². The Morgan fingerprint density at radius 1 is 0.526 bits per heavy atom. The van der Waals surface area contributed by atoms with Crippen molar-refractivity contribution < 1.29 is 4.42 Å². The van der Waals surface area contributed by atoms with Crippen molar-refractivity contribution in [2.24, 2.45) is 0 Å². The lowest BCUT2D eigenvalue weighted by Gasteiger charge is -2.04. The largest absolute Gasteiger partial charge is 0.471 e. The van der Waals surface area contributed by atoms with Gasteiger partial charge in [-0.15, -0.1) is 0 Å². The van der Waals surface area contributed by atoms with Crippen LogP contribution in [0.2, 0.25) is 0 Å². The smallest absolute Gasteiger partial charge is 0.0981 e. The van der Waals surface area contributed by atoms with Gasteiger partial charge in [0.05, 0.1) is 12.5 Å². The van der Waals surface area contributed by atoms with Gasteiger partial charge in [-0.25, -0.2) is 0 Å². The van der Waals surface area contributed by atoms with E-state index in [0.29, 0.717) is 0 Å². The second-order valence-corrected chi connectivity index (χ2v) is 4.78. The van der Waals surface area contributed by atoms with Gasteiger partial charge in [-0.2, -0.15) is 0 Å². The molecule has 0 aliphatic carbocycles. The van der Waals surface area contributed by atoms with Gasteiger partial charge in [0.2, 0.25) is 0 Å². The maximum Gasteiger partial charge on any atom is 0.0981 e. The number of rotatable bonds is 1. The Morgan fingerprint density at radius 3 is 2.00 bits per heavy atom. The minimum Gasteiger partial charge on any atom is -0.471 e. The molecule has 1 nitrogen and oxygen atoms in total. The summed E-state index contributed by atoms with van der Waals surface area (Å²) in [6.07, 6.45) is 3.57. The molecule has 19 heavy (non-hydrogen) atoms. The summed E-state index contributed by atoms with van der Waals surface area (Å²) in [5, 5.41) is 4.83. The first-order chi connectivity index (χ1) is 9.40. The second kappa shape index (κ2) is 3.99. The molecule has 0 atom stereocenters. The third-order valence-corrected chi connectivity index (χ3v) is 3.56. The molecule has 0 bridgehead atoms.